The van der Waals surface area contributed by atoms with Crippen LogP contribution >= 0.6 is 0 Å². The fraction of sp³-hybridized carbons (Fsp3) is 0.0714. The summed E-state index contributed by atoms with van der Waals surface area (Å²) in [4.78, 5) is 22.2. The van der Waals surface area contributed by atoms with Crippen LogP contribution in [0.4, 0.5) is 11.4 Å². The molecule has 9 heteroatoms. The molecule has 0 spiro atoms. The number of amides is 1. The molecule has 0 saturated carbocycles. The van der Waals surface area contributed by atoms with Crippen LogP contribution in [0.2, 0.25) is 0 Å². The Bertz CT molecular complexity index is 893. The van der Waals surface area contributed by atoms with E-state index in [2.05, 4.69) is 5.32 Å². The van der Waals surface area contributed by atoms with Crippen molar-refractivity contribution in [2.24, 2.45) is 5.14 Å². The molecule has 0 unspecified atom stereocenters. The number of rotatable bonds is 4. The summed E-state index contributed by atoms with van der Waals surface area (Å²) in [5.74, 6) is -0.601. The van der Waals surface area contributed by atoms with Crippen LogP contribution in [0.1, 0.15) is 15.9 Å². The van der Waals surface area contributed by atoms with E-state index in [1.807, 2.05) is 0 Å². The zero-order valence-corrected chi connectivity index (χ0v) is 12.8. The van der Waals surface area contributed by atoms with Crippen LogP contribution in [0, 0.1) is 17.0 Å². The number of nitrogens with zero attached hydrogens (tertiary/aromatic N) is 1. The Morgan fingerprint density at radius 3 is 2.52 bits per heavy atom. The first-order valence-electron chi connectivity index (χ1n) is 6.38. The molecule has 0 fully saturated rings. The van der Waals surface area contributed by atoms with E-state index in [1.54, 1.807) is 6.92 Å². The minimum absolute atomic E-state index is 0.0751. The summed E-state index contributed by atoms with van der Waals surface area (Å²) in [7, 11) is -3.95. The Labute approximate surface area is 132 Å². The van der Waals surface area contributed by atoms with E-state index in [1.165, 1.54) is 36.4 Å². The smallest absolute Gasteiger partial charge is 0.271 e. The summed E-state index contributed by atoms with van der Waals surface area (Å²) in [6.07, 6.45) is 0. The van der Waals surface area contributed by atoms with Gasteiger partial charge in [-0.3, -0.25) is 14.9 Å². The number of anilines is 1. The van der Waals surface area contributed by atoms with Gasteiger partial charge in [-0.15, -0.1) is 0 Å². The Morgan fingerprint density at radius 1 is 1.22 bits per heavy atom. The van der Waals surface area contributed by atoms with Gasteiger partial charge >= 0.3 is 0 Å². The number of nitrogens with two attached hydrogens (primary N) is 1. The number of nitro benzene ring substituents is 1. The molecule has 120 valence electrons. The van der Waals surface area contributed by atoms with Crippen molar-refractivity contribution in [1.82, 2.24) is 0 Å². The SMILES string of the molecule is Cc1ccc(C(=O)Nc2cccc([N+](=O)[O-])c2)cc1S(N)(=O)=O. The van der Waals surface area contributed by atoms with Gasteiger partial charge in [0.1, 0.15) is 0 Å². The third-order valence-corrected chi connectivity index (χ3v) is 4.12. The highest BCUT2D eigenvalue weighted by Crippen LogP contribution is 2.19. The number of benzene rings is 2. The Morgan fingerprint density at radius 2 is 1.91 bits per heavy atom. The number of hydrogen-bond donors (Lipinski definition) is 2. The third kappa shape index (κ3) is 3.90. The van der Waals surface area contributed by atoms with Crippen LogP contribution in [0.15, 0.2) is 47.4 Å². The minimum Gasteiger partial charge on any atom is -0.322 e. The van der Waals surface area contributed by atoms with Gasteiger partial charge in [0.25, 0.3) is 11.6 Å². The van der Waals surface area contributed by atoms with Gasteiger partial charge in [-0.25, -0.2) is 13.6 Å². The van der Waals surface area contributed by atoms with Crippen molar-refractivity contribution in [1.29, 1.82) is 0 Å². The number of hydrogen-bond acceptors (Lipinski definition) is 5. The Balaban J connectivity index is 2.32. The van der Waals surface area contributed by atoms with Gasteiger partial charge in [0.2, 0.25) is 10.0 Å². The predicted molar refractivity (Wildman–Crippen MR) is 83.6 cm³/mol. The van der Waals surface area contributed by atoms with E-state index in [0.29, 0.717) is 5.56 Å². The highest BCUT2D eigenvalue weighted by Gasteiger charge is 2.16. The molecule has 0 aliphatic rings. The Hall–Kier alpha value is -2.78. The lowest BCUT2D eigenvalue weighted by Gasteiger charge is -2.08. The lowest BCUT2D eigenvalue weighted by atomic mass is 10.1. The summed E-state index contributed by atoms with van der Waals surface area (Å²) in [5.41, 5.74) is 0.546. The second-order valence-corrected chi connectivity index (χ2v) is 6.32. The number of sulfonamides is 1. The molecule has 0 radical (unpaired) electrons. The fourth-order valence-electron chi connectivity index (χ4n) is 1.95. The van der Waals surface area contributed by atoms with E-state index in [9.17, 15) is 23.3 Å². The number of non-ortho nitro benzene ring substituents is 1. The molecule has 0 bridgehead atoms. The quantitative estimate of drug-likeness (QED) is 0.649. The molecule has 2 aromatic carbocycles. The summed E-state index contributed by atoms with van der Waals surface area (Å²) in [6, 6.07) is 9.47. The van der Waals surface area contributed by atoms with Crippen molar-refractivity contribution >= 4 is 27.3 Å². The first-order valence-corrected chi connectivity index (χ1v) is 7.92. The monoisotopic (exact) mass is 335 g/mol. The summed E-state index contributed by atoms with van der Waals surface area (Å²) < 4.78 is 23.0. The van der Waals surface area contributed by atoms with Crippen LogP contribution < -0.4 is 10.5 Å². The van der Waals surface area contributed by atoms with Gasteiger partial charge in [-0.05, 0) is 30.7 Å². The molecule has 23 heavy (non-hydrogen) atoms. The highest BCUT2D eigenvalue weighted by molar-refractivity contribution is 7.89. The predicted octanol–water partition coefficient (Wildman–Crippen LogP) is 1.80. The van der Waals surface area contributed by atoms with Gasteiger partial charge in [0.05, 0.1) is 9.82 Å². The molecular weight excluding hydrogens is 322 g/mol. The molecular formula is C14H13N3O5S. The van der Waals surface area contributed by atoms with Crippen molar-refractivity contribution in [3.63, 3.8) is 0 Å². The molecule has 0 saturated heterocycles. The molecule has 2 rings (SSSR count). The standard InChI is InChI=1S/C14H13N3O5S/c1-9-5-6-10(7-13(9)23(15,21)22)14(18)16-11-3-2-4-12(8-11)17(19)20/h2-8H,1H3,(H,16,18)(H2,15,21,22). The normalized spacial score (nSPS) is 11.0. The van der Waals surface area contributed by atoms with E-state index < -0.39 is 20.9 Å². The molecule has 2 aromatic rings. The molecule has 0 aliphatic heterocycles. The van der Waals surface area contributed by atoms with Crippen molar-refractivity contribution in [3.8, 4) is 0 Å². The summed E-state index contributed by atoms with van der Waals surface area (Å²) in [6.45, 7) is 1.56. The Kier molecular flexibility index (Phi) is 4.43. The van der Waals surface area contributed by atoms with E-state index >= 15 is 0 Å². The maximum absolute atomic E-state index is 12.2. The van der Waals surface area contributed by atoms with E-state index in [4.69, 9.17) is 5.14 Å². The lowest BCUT2D eigenvalue weighted by Crippen LogP contribution is -2.17. The van der Waals surface area contributed by atoms with Crippen molar-refractivity contribution < 1.29 is 18.1 Å². The van der Waals surface area contributed by atoms with E-state index in [0.717, 1.165) is 6.07 Å². The third-order valence-electron chi connectivity index (χ3n) is 3.07. The number of primary sulfonamides is 1. The van der Waals surface area contributed by atoms with Crippen molar-refractivity contribution in [2.45, 2.75) is 11.8 Å². The van der Waals surface area contributed by atoms with Gasteiger partial charge in [-0.2, -0.15) is 0 Å². The maximum atomic E-state index is 12.2. The topological polar surface area (TPSA) is 132 Å². The first kappa shape index (κ1) is 16.6. The van der Waals surface area contributed by atoms with Crippen molar-refractivity contribution in [2.75, 3.05) is 5.32 Å². The van der Waals surface area contributed by atoms with Crippen LogP contribution in [-0.2, 0) is 10.0 Å². The van der Waals surface area contributed by atoms with Gasteiger partial charge in [-0.1, -0.05) is 12.1 Å². The van der Waals surface area contributed by atoms with E-state index in [-0.39, 0.29) is 21.8 Å². The molecule has 0 heterocycles. The molecule has 0 aliphatic carbocycles. The van der Waals surface area contributed by atoms with Crippen LogP contribution in [0.5, 0.6) is 0 Å². The van der Waals surface area contributed by atoms with Gasteiger partial charge in [0.15, 0.2) is 0 Å². The molecule has 0 aromatic heterocycles. The second kappa shape index (κ2) is 6.15. The largest absolute Gasteiger partial charge is 0.322 e. The number of nitrogens with one attached hydrogen (secondary N) is 1. The zero-order valence-electron chi connectivity index (χ0n) is 12.0. The van der Waals surface area contributed by atoms with Crippen LogP contribution in [0.25, 0.3) is 0 Å². The molecule has 1 amide bonds. The van der Waals surface area contributed by atoms with Crippen LogP contribution in [-0.4, -0.2) is 19.2 Å². The van der Waals surface area contributed by atoms with Crippen molar-refractivity contribution in [3.05, 3.63) is 63.7 Å². The lowest BCUT2D eigenvalue weighted by molar-refractivity contribution is -0.384. The maximum Gasteiger partial charge on any atom is 0.271 e. The average molecular weight is 335 g/mol. The zero-order chi connectivity index (χ0) is 17.2. The van der Waals surface area contributed by atoms with Crippen LogP contribution in [0.3, 0.4) is 0 Å². The number of carbonyl (C=O) groups excluding carboxylic acids is 1. The first-order chi connectivity index (χ1) is 10.7. The highest BCUT2D eigenvalue weighted by atomic mass is 32.2. The number of aryl methyl sites for hydroxylation is 1. The molecule has 3 N–H and O–H groups in total. The average Bonchev–Trinajstić information content (AvgIpc) is 2.46. The minimum atomic E-state index is -3.95. The fourth-order valence-corrected chi connectivity index (χ4v) is 2.76. The summed E-state index contributed by atoms with van der Waals surface area (Å²) in [5, 5.41) is 18.3. The van der Waals surface area contributed by atoms with Gasteiger partial charge < -0.3 is 5.32 Å². The number of nitro groups is 1. The number of carbonyl (C=O) groups is 1. The van der Waals surface area contributed by atoms with Gasteiger partial charge in [0, 0.05) is 23.4 Å². The molecule has 8 nitrogen and oxygen atoms in total. The summed E-state index contributed by atoms with van der Waals surface area (Å²) >= 11 is 0. The molecule has 0 atom stereocenters. The second-order valence-electron chi connectivity index (χ2n) is 4.79.